The summed E-state index contributed by atoms with van der Waals surface area (Å²) in [5, 5.41) is 21.4. The molecule has 0 unspecified atom stereocenters. The van der Waals surface area contributed by atoms with Gasteiger partial charge in [-0.25, -0.2) is 4.79 Å². The first-order valence-corrected chi connectivity index (χ1v) is 17.1. The van der Waals surface area contributed by atoms with E-state index in [0.29, 0.717) is 31.7 Å². The number of anilines is 1. The number of Topliss-reactive ketones (excluding diaryl/α,β-unsaturated/α-hetero) is 1. The number of carbonyl (C=O) groups excluding carboxylic acids is 2. The van der Waals surface area contributed by atoms with Gasteiger partial charge in [0, 0.05) is 43.9 Å². The van der Waals surface area contributed by atoms with Crippen molar-refractivity contribution < 1.29 is 29.0 Å². The molecule has 0 spiro atoms. The summed E-state index contributed by atoms with van der Waals surface area (Å²) < 4.78 is 13.8. The number of aromatic nitrogens is 3. The average molecular weight is 667 g/mol. The number of carboxylic acids is 1. The number of aliphatic carboxylic acids is 1. The number of hydrogen-bond acceptors (Lipinski definition) is 9. The molecule has 264 valence electrons. The number of ether oxygens (including phenoxy) is 2. The van der Waals surface area contributed by atoms with Gasteiger partial charge in [0.25, 0.3) is 0 Å². The maximum Gasteiger partial charge on any atom is 0.410 e. The molecular formula is C35H55BN6O6. The third kappa shape index (κ3) is 9.37. The molecule has 1 aliphatic rings. The summed E-state index contributed by atoms with van der Waals surface area (Å²) in [6.07, 6.45) is 4.51. The minimum absolute atomic E-state index is 0.0850. The number of nitrogens with two attached hydrogens (primary N) is 1. The van der Waals surface area contributed by atoms with E-state index < -0.39 is 34.7 Å². The van der Waals surface area contributed by atoms with Gasteiger partial charge in [0.2, 0.25) is 0 Å². The van der Waals surface area contributed by atoms with Gasteiger partial charge < -0.3 is 25.6 Å². The molecule has 4 N–H and O–H groups in total. The van der Waals surface area contributed by atoms with Gasteiger partial charge in [-0.1, -0.05) is 38.1 Å². The molecule has 3 rings (SSSR count). The number of unbranched alkanes of at least 4 members (excludes halogenated alkanes) is 1. The highest BCUT2D eigenvalue weighted by atomic mass is 16.6. The summed E-state index contributed by atoms with van der Waals surface area (Å²) in [5.41, 5.74) is 6.76. The monoisotopic (exact) mass is 666 g/mol. The molecule has 8 atom stereocenters. The van der Waals surface area contributed by atoms with Crippen molar-refractivity contribution in [1.29, 1.82) is 0 Å². The highest BCUT2D eigenvalue weighted by molar-refractivity contribution is 6.15. The average Bonchev–Trinajstić information content (AvgIpc) is 3.62. The summed E-state index contributed by atoms with van der Waals surface area (Å²) in [5.74, 6) is -3.13. The van der Waals surface area contributed by atoms with E-state index >= 15 is 0 Å². The van der Waals surface area contributed by atoms with E-state index in [9.17, 15) is 19.5 Å². The van der Waals surface area contributed by atoms with Crippen LogP contribution in [0.5, 0.6) is 0 Å². The van der Waals surface area contributed by atoms with Gasteiger partial charge in [-0.2, -0.15) is 0 Å². The number of ketones is 1. The Morgan fingerprint density at radius 1 is 1.23 bits per heavy atom. The Bertz CT molecular complexity index is 1390. The zero-order valence-electron chi connectivity index (χ0n) is 29.9. The Balaban J connectivity index is 1.62. The second kappa shape index (κ2) is 16.8. The van der Waals surface area contributed by atoms with Crippen LogP contribution in [0.2, 0.25) is 5.82 Å². The highest BCUT2D eigenvalue weighted by Crippen LogP contribution is 2.40. The van der Waals surface area contributed by atoms with Crippen LogP contribution in [0.25, 0.3) is 11.3 Å². The van der Waals surface area contributed by atoms with Crippen molar-refractivity contribution in [2.75, 3.05) is 25.9 Å². The summed E-state index contributed by atoms with van der Waals surface area (Å²) in [6.45, 7) is 15.5. The van der Waals surface area contributed by atoms with Gasteiger partial charge in [0.1, 0.15) is 23.0 Å². The number of nitrogens with zero attached hydrogens (tertiary/aromatic N) is 4. The van der Waals surface area contributed by atoms with Gasteiger partial charge in [-0.05, 0) is 89.7 Å². The number of aryl methyl sites for hydroxylation is 1. The second-order valence-electron chi connectivity index (χ2n) is 14.1. The lowest BCUT2D eigenvalue weighted by Crippen LogP contribution is -2.58. The molecule has 1 saturated heterocycles. The SMILES string of the molecule is [B][C@H](CC(=O)[C@@H](C)C(=O)O)[C@](C)(C[C@@H](C)CN[C@H](C)[C@H]1N(CCCCn2cc(-c3cccc(N)c3)nn2)C(=O)O[C@]1(C)[C@H](C)CC)OC. The Morgan fingerprint density at radius 3 is 2.54 bits per heavy atom. The minimum Gasteiger partial charge on any atom is -0.481 e. The summed E-state index contributed by atoms with van der Waals surface area (Å²) in [6, 6.07) is 7.26. The van der Waals surface area contributed by atoms with Crippen molar-refractivity contribution in [2.24, 2.45) is 17.8 Å². The summed E-state index contributed by atoms with van der Waals surface area (Å²) in [4.78, 5) is 38.9. The number of nitrogens with one attached hydrogen (secondary N) is 1. The van der Waals surface area contributed by atoms with Crippen LogP contribution in [0.3, 0.4) is 0 Å². The molecule has 12 nitrogen and oxygen atoms in total. The van der Waals surface area contributed by atoms with E-state index in [2.05, 4.69) is 43.3 Å². The number of hydrogen-bond donors (Lipinski definition) is 3. The lowest BCUT2D eigenvalue weighted by Gasteiger charge is -2.41. The molecule has 0 bridgehead atoms. The van der Waals surface area contributed by atoms with Crippen molar-refractivity contribution in [1.82, 2.24) is 25.2 Å². The first-order chi connectivity index (χ1) is 22.6. The number of cyclic esters (lactones) is 1. The van der Waals surface area contributed by atoms with E-state index in [1.165, 1.54) is 6.92 Å². The molecule has 1 aromatic heterocycles. The minimum atomic E-state index is -1.16. The van der Waals surface area contributed by atoms with Crippen LogP contribution in [0, 0.1) is 17.8 Å². The largest absolute Gasteiger partial charge is 0.481 e. The van der Waals surface area contributed by atoms with E-state index in [0.717, 1.165) is 30.5 Å². The molecule has 1 aromatic carbocycles. The van der Waals surface area contributed by atoms with Gasteiger partial charge in [-0.3, -0.25) is 19.2 Å². The van der Waals surface area contributed by atoms with Gasteiger partial charge in [0.05, 0.1) is 25.7 Å². The fourth-order valence-electron chi connectivity index (χ4n) is 6.71. The third-order valence-electron chi connectivity index (χ3n) is 10.4. The van der Waals surface area contributed by atoms with Crippen LogP contribution in [-0.2, 0) is 25.6 Å². The van der Waals surface area contributed by atoms with E-state index in [-0.39, 0.29) is 36.4 Å². The normalized spacial score (nSPS) is 22.4. The van der Waals surface area contributed by atoms with Gasteiger partial charge >= 0.3 is 12.1 Å². The molecule has 1 amide bonds. The Hall–Kier alpha value is -3.45. The number of nitrogen functional groups attached to an aromatic ring is 1. The molecule has 13 heteroatoms. The quantitative estimate of drug-likeness (QED) is 0.0761. The van der Waals surface area contributed by atoms with Crippen LogP contribution in [-0.4, -0.2) is 94.2 Å². The van der Waals surface area contributed by atoms with Crippen LogP contribution in [0.4, 0.5) is 10.5 Å². The Morgan fingerprint density at radius 2 is 1.92 bits per heavy atom. The molecule has 1 aliphatic heterocycles. The first-order valence-electron chi connectivity index (χ1n) is 17.1. The molecule has 2 aromatic rings. The van der Waals surface area contributed by atoms with Crippen molar-refractivity contribution in [3.63, 3.8) is 0 Å². The molecule has 2 heterocycles. The maximum absolute atomic E-state index is 13.3. The van der Waals surface area contributed by atoms with Crippen molar-refractivity contribution in [3.05, 3.63) is 30.5 Å². The molecule has 0 aliphatic carbocycles. The number of benzene rings is 1. The molecule has 0 saturated carbocycles. The molecule has 48 heavy (non-hydrogen) atoms. The van der Waals surface area contributed by atoms with Gasteiger partial charge in [0.15, 0.2) is 0 Å². The Labute approximate surface area is 286 Å². The number of carbonyl (C=O) groups is 3. The van der Waals surface area contributed by atoms with Crippen molar-refractivity contribution in [2.45, 2.75) is 116 Å². The molecule has 2 radical (unpaired) electrons. The van der Waals surface area contributed by atoms with Crippen molar-refractivity contribution in [3.8, 4) is 11.3 Å². The fourth-order valence-corrected chi connectivity index (χ4v) is 6.71. The first kappa shape index (κ1) is 39.0. The second-order valence-corrected chi connectivity index (χ2v) is 14.1. The number of methoxy groups -OCH3 is 1. The number of amides is 1. The van der Waals surface area contributed by atoms with E-state index in [1.54, 1.807) is 7.11 Å². The lowest BCUT2D eigenvalue weighted by molar-refractivity contribution is -0.146. The maximum atomic E-state index is 13.3. The zero-order chi connectivity index (χ0) is 35.8. The van der Waals surface area contributed by atoms with Crippen molar-refractivity contribution >= 4 is 31.4 Å². The van der Waals surface area contributed by atoms with E-state index in [4.69, 9.17) is 23.1 Å². The fraction of sp³-hybridized carbons (Fsp3) is 0.686. The zero-order valence-corrected chi connectivity index (χ0v) is 29.9. The lowest BCUT2D eigenvalue weighted by atomic mass is 9.67. The highest BCUT2D eigenvalue weighted by Gasteiger charge is 2.55. The van der Waals surface area contributed by atoms with Gasteiger partial charge in [-0.15, -0.1) is 5.10 Å². The van der Waals surface area contributed by atoms with E-state index in [1.807, 2.05) is 53.9 Å². The standard InChI is InChI=1S/C35H55BN6O6/c1-9-23(3)35(7)31(25(5)38-20-22(2)19-34(6,47-8)30(36)18-29(43)24(4)32(44)45)42(33(46)48-35)16-11-10-15-41-21-28(39-40-41)26-13-12-14-27(37)17-26/h12-14,17,21-25,30-31,38H,9-11,15-16,18-20,37H2,1-8H3,(H,44,45)/t22-,23-,24-,25-,30-,31-,34+,35-/m1/s1. The summed E-state index contributed by atoms with van der Waals surface area (Å²) in [7, 11) is 7.98. The third-order valence-corrected chi connectivity index (χ3v) is 10.4. The molecular weight excluding hydrogens is 611 g/mol. The van der Waals surface area contributed by atoms with Crippen LogP contribution in [0.15, 0.2) is 30.5 Å². The van der Waals surface area contributed by atoms with Crippen LogP contribution >= 0.6 is 0 Å². The Kier molecular flexibility index (Phi) is 13.6. The predicted octanol–water partition coefficient (Wildman–Crippen LogP) is 4.98. The topological polar surface area (TPSA) is 162 Å². The predicted molar refractivity (Wildman–Crippen MR) is 187 cm³/mol. The van der Waals surface area contributed by atoms with Crippen LogP contribution in [0.1, 0.15) is 80.6 Å². The smallest absolute Gasteiger partial charge is 0.410 e. The van der Waals surface area contributed by atoms with Crippen LogP contribution < -0.4 is 11.1 Å². The number of rotatable bonds is 20. The molecule has 1 fully saturated rings. The summed E-state index contributed by atoms with van der Waals surface area (Å²) >= 11 is 0. The number of carboxylic acid groups (broad SMARTS) is 1.